The molecule has 0 aromatic heterocycles. The van der Waals surface area contributed by atoms with Gasteiger partial charge in [-0.25, -0.2) is 4.79 Å². The number of methoxy groups -OCH3 is 1. The molecule has 0 saturated heterocycles. The lowest BCUT2D eigenvalue weighted by molar-refractivity contribution is 0.0599. The smallest absolute Gasteiger partial charge is 0.338 e. The Morgan fingerprint density at radius 2 is 2.06 bits per heavy atom. The third kappa shape index (κ3) is 2.86. The van der Waals surface area contributed by atoms with Crippen molar-refractivity contribution in [2.75, 3.05) is 7.11 Å². The molecule has 2 nitrogen and oxygen atoms in total. The van der Waals surface area contributed by atoms with Crippen molar-refractivity contribution in [1.29, 1.82) is 0 Å². The van der Waals surface area contributed by atoms with Gasteiger partial charge in [-0.15, -0.1) is 0 Å². The van der Waals surface area contributed by atoms with Gasteiger partial charge < -0.3 is 4.74 Å². The predicted octanol–water partition coefficient (Wildman–Crippen LogP) is 4.17. The van der Waals surface area contributed by atoms with E-state index in [-0.39, 0.29) is 5.97 Å². The summed E-state index contributed by atoms with van der Waals surface area (Å²) in [4.78, 5) is 11.7. The van der Waals surface area contributed by atoms with Gasteiger partial charge in [-0.05, 0) is 42.5 Å². The minimum atomic E-state index is -0.303. The van der Waals surface area contributed by atoms with E-state index in [4.69, 9.17) is 16.3 Å². The minimum absolute atomic E-state index is 0.303. The fourth-order valence-corrected chi connectivity index (χ4v) is 3.04. The van der Waals surface area contributed by atoms with Gasteiger partial charge in [0.1, 0.15) is 0 Å². The van der Waals surface area contributed by atoms with Crippen LogP contribution in [0.2, 0.25) is 5.02 Å². The fraction of sp³-hybridized carbons (Fsp3) is 0.533. The first-order chi connectivity index (χ1) is 8.61. The van der Waals surface area contributed by atoms with E-state index >= 15 is 0 Å². The number of benzene rings is 1. The first kappa shape index (κ1) is 13.4. The molecule has 0 unspecified atom stereocenters. The quantitative estimate of drug-likeness (QED) is 0.768. The standard InChI is InChI=1S/C15H19ClO2/c1-10-12(7-11-5-3-4-6-11)8-13(16)9-14(10)15(17)18-2/h8-9,11H,3-7H2,1-2H3. The zero-order valence-electron chi connectivity index (χ0n) is 11.0. The van der Waals surface area contributed by atoms with Crippen LogP contribution in [-0.2, 0) is 11.2 Å². The molecule has 0 aliphatic heterocycles. The van der Waals surface area contributed by atoms with Crippen molar-refractivity contribution >= 4 is 17.6 Å². The van der Waals surface area contributed by atoms with Crippen LogP contribution in [0.25, 0.3) is 0 Å². The normalized spacial score (nSPS) is 15.9. The molecule has 2 rings (SSSR count). The maximum absolute atomic E-state index is 11.7. The fourth-order valence-electron chi connectivity index (χ4n) is 2.79. The zero-order chi connectivity index (χ0) is 13.1. The summed E-state index contributed by atoms with van der Waals surface area (Å²) in [5.41, 5.74) is 2.80. The number of carbonyl (C=O) groups excluding carboxylic acids is 1. The van der Waals surface area contributed by atoms with Crippen LogP contribution in [0.1, 0.15) is 47.2 Å². The molecule has 0 heterocycles. The molecular formula is C15H19ClO2. The molecule has 0 spiro atoms. The number of rotatable bonds is 3. The molecule has 0 atom stereocenters. The summed E-state index contributed by atoms with van der Waals surface area (Å²) in [6.45, 7) is 1.98. The van der Waals surface area contributed by atoms with Crippen LogP contribution in [0.5, 0.6) is 0 Å². The maximum atomic E-state index is 11.7. The van der Waals surface area contributed by atoms with E-state index in [1.165, 1.54) is 38.4 Å². The molecule has 18 heavy (non-hydrogen) atoms. The second-order valence-electron chi connectivity index (χ2n) is 5.08. The topological polar surface area (TPSA) is 26.3 Å². The first-order valence-corrected chi connectivity index (χ1v) is 6.87. The number of halogens is 1. The van der Waals surface area contributed by atoms with Crippen LogP contribution in [0, 0.1) is 12.8 Å². The highest BCUT2D eigenvalue weighted by Crippen LogP contribution is 2.31. The van der Waals surface area contributed by atoms with Gasteiger partial charge in [-0.3, -0.25) is 0 Å². The van der Waals surface area contributed by atoms with Gasteiger partial charge in [-0.2, -0.15) is 0 Å². The summed E-state index contributed by atoms with van der Waals surface area (Å²) < 4.78 is 4.80. The van der Waals surface area contributed by atoms with E-state index in [1.807, 2.05) is 13.0 Å². The highest BCUT2D eigenvalue weighted by Gasteiger charge is 2.19. The van der Waals surface area contributed by atoms with Crippen molar-refractivity contribution in [3.05, 3.63) is 33.8 Å². The van der Waals surface area contributed by atoms with Crippen molar-refractivity contribution in [1.82, 2.24) is 0 Å². The van der Waals surface area contributed by atoms with E-state index in [1.54, 1.807) is 6.07 Å². The SMILES string of the molecule is COC(=O)c1cc(Cl)cc(CC2CCCC2)c1C. The van der Waals surface area contributed by atoms with Crippen molar-refractivity contribution < 1.29 is 9.53 Å². The summed E-state index contributed by atoms with van der Waals surface area (Å²) in [7, 11) is 1.40. The van der Waals surface area contributed by atoms with Crippen LogP contribution in [0.3, 0.4) is 0 Å². The summed E-state index contributed by atoms with van der Waals surface area (Å²) >= 11 is 6.10. The second kappa shape index (κ2) is 5.75. The molecule has 1 aliphatic carbocycles. The molecule has 3 heteroatoms. The van der Waals surface area contributed by atoms with Gasteiger partial charge in [0.2, 0.25) is 0 Å². The molecule has 1 aromatic carbocycles. The van der Waals surface area contributed by atoms with E-state index in [2.05, 4.69) is 0 Å². The molecule has 1 aliphatic rings. The van der Waals surface area contributed by atoms with Crippen LogP contribution in [0.4, 0.5) is 0 Å². The highest BCUT2D eigenvalue weighted by molar-refractivity contribution is 6.31. The van der Waals surface area contributed by atoms with E-state index in [9.17, 15) is 4.79 Å². The van der Waals surface area contributed by atoms with E-state index in [0.717, 1.165) is 17.9 Å². The molecular weight excluding hydrogens is 248 g/mol. The van der Waals surface area contributed by atoms with Crippen LogP contribution < -0.4 is 0 Å². The lowest BCUT2D eigenvalue weighted by Gasteiger charge is -2.14. The largest absolute Gasteiger partial charge is 0.465 e. The van der Waals surface area contributed by atoms with Gasteiger partial charge in [0.25, 0.3) is 0 Å². The molecule has 1 aromatic rings. The molecule has 0 N–H and O–H groups in total. The molecule has 0 bridgehead atoms. The number of ether oxygens (including phenoxy) is 1. The van der Waals surface area contributed by atoms with Gasteiger partial charge in [0.05, 0.1) is 12.7 Å². The van der Waals surface area contributed by atoms with Crippen LogP contribution >= 0.6 is 11.6 Å². The lowest BCUT2D eigenvalue weighted by atomic mass is 9.92. The Kier molecular flexibility index (Phi) is 4.28. The molecule has 0 amide bonds. The molecule has 98 valence electrons. The summed E-state index contributed by atoms with van der Waals surface area (Å²) in [5.74, 6) is 0.440. The maximum Gasteiger partial charge on any atom is 0.338 e. The van der Waals surface area contributed by atoms with Crippen molar-refractivity contribution in [3.63, 3.8) is 0 Å². The van der Waals surface area contributed by atoms with E-state index < -0.39 is 0 Å². The Balaban J connectivity index is 2.28. The Morgan fingerprint density at radius 3 is 2.67 bits per heavy atom. The average molecular weight is 267 g/mol. The summed E-state index contributed by atoms with van der Waals surface area (Å²) in [6.07, 6.45) is 6.26. The average Bonchev–Trinajstić information content (AvgIpc) is 2.85. The van der Waals surface area contributed by atoms with Crippen LogP contribution in [0.15, 0.2) is 12.1 Å². The highest BCUT2D eigenvalue weighted by atomic mass is 35.5. The molecule has 1 saturated carbocycles. The molecule has 0 radical (unpaired) electrons. The van der Waals surface area contributed by atoms with Crippen molar-refractivity contribution in [2.45, 2.75) is 39.0 Å². The molecule has 1 fully saturated rings. The zero-order valence-corrected chi connectivity index (χ0v) is 11.7. The number of hydrogen-bond acceptors (Lipinski definition) is 2. The van der Waals surface area contributed by atoms with Crippen molar-refractivity contribution in [3.8, 4) is 0 Å². The Labute approximate surface area is 113 Å². The minimum Gasteiger partial charge on any atom is -0.465 e. The second-order valence-corrected chi connectivity index (χ2v) is 5.52. The van der Waals surface area contributed by atoms with Gasteiger partial charge in [-0.1, -0.05) is 37.3 Å². The number of carbonyl (C=O) groups is 1. The van der Waals surface area contributed by atoms with Gasteiger partial charge in [0.15, 0.2) is 0 Å². The number of hydrogen-bond donors (Lipinski definition) is 0. The summed E-state index contributed by atoms with van der Waals surface area (Å²) in [5, 5.41) is 0.619. The third-order valence-corrected chi connectivity index (χ3v) is 4.09. The summed E-state index contributed by atoms with van der Waals surface area (Å²) in [6, 6.07) is 3.68. The van der Waals surface area contributed by atoms with Gasteiger partial charge >= 0.3 is 5.97 Å². The number of esters is 1. The Morgan fingerprint density at radius 1 is 1.39 bits per heavy atom. The van der Waals surface area contributed by atoms with E-state index in [0.29, 0.717) is 10.6 Å². The predicted molar refractivity (Wildman–Crippen MR) is 73.2 cm³/mol. The van der Waals surface area contributed by atoms with Crippen molar-refractivity contribution in [2.24, 2.45) is 5.92 Å². The van der Waals surface area contributed by atoms with Gasteiger partial charge in [0, 0.05) is 5.02 Å². The monoisotopic (exact) mass is 266 g/mol. The Bertz CT molecular complexity index is 448. The Hall–Kier alpha value is -1.02. The third-order valence-electron chi connectivity index (χ3n) is 3.87. The first-order valence-electron chi connectivity index (χ1n) is 6.49. The van der Waals surface area contributed by atoms with Crippen LogP contribution in [-0.4, -0.2) is 13.1 Å². The lowest BCUT2D eigenvalue weighted by Crippen LogP contribution is -2.08.